The van der Waals surface area contributed by atoms with E-state index in [1.807, 2.05) is 0 Å². The van der Waals surface area contributed by atoms with E-state index in [1.54, 1.807) is 20.8 Å². The number of amides is 2. The van der Waals surface area contributed by atoms with Crippen molar-refractivity contribution in [2.45, 2.75) is 44.2 Å². The zero-order valence-electron chi connectivity index (χ0n) is 11.7. The van der Waals surface area contributed by atoms with Crippen molar-refractivity contribution in [2.75, 3.05) is 13.1 Å². The molecule has 1 heterocycles. The number of aliphatic carboxylic acids is 1. The van der Waals surface area contributed by atoms with Crippen LogP contribution in [0.25, 0.3) is 0 Å². The highest BCUT2D eigenvalue weighted by Gasteiger charge is 2.33. The number of carboxylic acids is 1. The normalized spacial score (nSPS) is 20.7. The van der Waals surface area contributed by atoms with Gasteiger partial charge in [-0.15, -0.1) is 11.6 Å². The summed E-state index contributed by atoms with van der Waals surface area (Å²) in [7, 11) is 0. The third-order valence-corrected chi connectivity index (χ3v) is 2.85. The molecule has 1 aliphatic rings. The Morgan fingerprint density at radius 3 is 2.55 bits per heavy atom. The zero-order chi connectivity index (χ0) is 15.5. The summed E-state index contributed by atoms with van der Waals surface area (Å²) in [5.74, 6) is -1.45. The number of carbonyl (C=O) groups excluding carboxylic acids is 2. The van der Waals surface area contributed by atoms with Crippen molar-refractivity contribution < 1.29 is 24.2 Å². The molecule has 1 saturated heterocycles. The summed E-state index contributed by atoms with van der Waals surface area (Å²) in [4.78, 5) is 35.6. The maximum absolute atomic E-state index is 11.6. The van der Waals surface area contributed by atoms with Crippen molar-refractivity contribution in [3.63, 3.8) is 0 Å². The number of hydrogen-bond donors (Lipinski definition) is 2. The Morgan fingerprint density at radius 2 is 2.15 bits per heavy atom. The molecule has 7 nitrogen and oxygen atoms in total. The number of ether oxygens (including phenoxy) is 1. The summed E-state index contributed by atoms with van der Waals surface area (Å²) in [6, 6.07) is -1.23. The Hall–Kier alpha value is -1.50. The van der Waals surface area contributed by atoms with E-state index in [1.165, 1.54) is 4.90 Å². The van der Waals surface area contributed by atoms with Crippen molar-refractivity contribution in [3.8, 4) is 0 Å². The molecule has 0 radical (unpaired) electrons. The third-order valence-electron chi connectivity index (χ3n) is 2.56. The first-order chi connectivity index (χ1) is 9.08. The van der Waals surface area contributed by atoms with Gasteiger partial charge in [-0.25, -0.2) is 9.59 Å². The first-order valence-corrected chi connectivity index (χ1v) is 6.66. The molecule has 2 atom stereocenters. The molecule has 2 amide bonds. The van der Waals surface area contributed by atoms with Crippen LogP contribution in [0.2, 0.25) is 0 Å². The number of hydrogen-bond acceptors (Lipinski definition) is 4. The predicted molar refractivity (Wildman–Crippen MR) is 71.6 cm³/mol. The molecule has 1 rings (SSSR count). The van der Waals surface area contributed by atoms with Gasteiger partial charge in [0, 0.05) is 13.0 Å². The summed E-state index contributed by atoms with van der Waals surface area (Å²) in [5, 5.41) is 11.0. The monoisotopic (exact) mass is 306 g/mol. The molecule has 1 aliphatic heterocycles. The third kappa shape index (κ3) is 5.24. The standard InChI is InChI=1S/C12H19ClN2O5/c1-12(2,3)20-11(19)14-8(10(17)18)6-15-5-7(13)4-9(15)16/h7-8H,4-6H2,1-3H3,(H,14,19)(H,17,18)/t7?,8-/m0/s1. The quantitative estimate of drug-likeness (QED) is 0.749. The van der Waals surface area contributed by atoms with Crippen LogP contribution in [-0.2, 0) is 14.3 Å². The van der Waals surface area contributed by atoms with Crippen LogP contribution in [0.1, 0.15) is 27.2 Å². The minimum Gasteiger partial charge on any atom is -0.480 e. The zero-order valence-corrected chi connectivity index (χ0v) is 12.4. The summed E-state index contributed by atoms with van der Waals surface area (Å²) < 4.78 is 4.99. The smallest absolute Gasteiger partial charge is 0.408 e. The van der Waals surface area contributed by atoms with Crippen molar-refractivity contribution in [3.05, 3.63) is 0 Å². The van der Waals surface area contributed by atoms with Crippen LogP contribution in [-0.4, -0.2) is 58.1 Å². The van der Waals surface area contributed by atoms with E-state index in [9.17, 15) is 14.4 Å². The van der Waals surface area contributed by atoms with Crippen molar-refractivity contribution in [1.82, 2.24) is 10.2 Å². The van der Waals surface area contributed by atoms with Gasteiger partial charge in [0.25, 0.3) is 0 Å². The highest BCUT2D eigenvalue weighted by molar-refractivity contribution is 6.22. The predicted octanol–water partition coefficient (Wildman–Crippen LogP) is 0.804. The molecule has 0 aliphatic carbocycles. The van der Waals surface area contributed by atoms with Gasteiger partial charge < -0.3 is 20.1 Å². The maximum Gasteiger partial charge on any atom is 0.408 e. The SMILES string of the molecule is CC(C)(C)OC(=O)N[C@@H](CN1CC(Cl)CC1=O)C(=O)O. The minimum atomic E-state index is -1.23. The van der Waals surface area contributed by atoms with Gasteiger partial charge in [-0.05, 0) is 20.8 Å². The van der Waals surface area contributed by atoms with E-state index in [0.717, 1.165) is 0 Å². The Morgan fingerprint density at radius 1 is 1.55 bits per heavy atom. The van der Waals surface area contributed by atoms with Crippen LogP contribution >= 0.6 is 11.6 Å². The van der Waals surface area contributed by atoms with E-state index in [4.69, 9.17) is 21.4 Å². The molecule has 2 N–H and O–H groups in total. The number of nitrogens with one attached hydrogen (secondary N) is 1. The maximum atomic E-state index is 11.6. The molecule has 1 unspecified atom stereocenters. The molecule has 0 aromatic rings. The lowest BCUT2D eigenvalue weighted by molar-refractivity contribution is -0.140. The fourth-order valence-corrected chi connectivity index (χ4v) is 2.05. The highest BCUT2D eigenvalue weighted by Crippen LogP contribution is 2.16. The van der Waals surface area contributed by atoms with E-state index in [-0.39, 0.29) is 30.8 Å². The number of nitrogens with zero attached hydrogens (tertiary/aromatic N) is 1. The molecule has 1 fully saturated rings. The molecule has 0 spiro atoms. The first-order valence-electron chi connectivity index (χ1n) is 6.22. The topological polar surface area (TPSA) is 95.9 Å². The van der Waals surface area contributed by atoms with Crippen LogP contribution in [0.15, 0.2) is 0 Å². The van der Waals surface area contributed by atoms with Gasteiger partial charge in [0.15, 0.2) is 0 Å². The highest BCUT2D eigenvalue weighted by atomic mass is 35.5. The van der Waals surface area contributed by atoms with Gasteiger partial charge in [0.2, 0.25) is 5.91 Å². The first kappa shape index (κ1) is 16.6. The Kier molecular flexibility index (Phi) is 5.21. The molecule has 0 aromatic heterocycles. The number of alkyl halides is 1. The van der Waals surface area contributed by atoms with Crippen molar-refractivity contribution >= 4 is 29.6 Å². The summed E-state index contributed by atoms with van der Waals surface area (Å²) in [6.07, 6.45) is -0.653. The molecule has 8 heteroatoms. The van der Waals surface area contributed by atoms with Crippen LogP contribution in [0, 0.1) is 0 Å². The second-order valence-electron chi connectivity index (χ2n) is 5.64. The average molecular weight is 307 g/mol. The molecule has 114 valence electrons. The molecule has 0 bridgehead atoms. The van der Waals surface area contributed by atoms with Crippen LogP contribution < -0.4 is 5.32 Å². The van der Waals surface area contributed by atoms with E-state index < -0.39 is 23.7 Å². The van der Waals surface area contributed by atoms with Gasteiger partial charge in [-0.2, -0.15) is 0 Å². The van der Waals surface area contributed by atoms with Gasteiger partial charge >= 0.3 is 12.1 Å². The van der Waals surface area contributed by atoms with Crippen LogP contribution in [0.5, 0.6) is 0 Å². The molecular weight excluding hydrogens is 288 g/mol. The Balaban J connectivity index is 2.59. The minimum absolute atomic E-state index is 0.128. The molecule has 0 saturated carbocycles. The van der Waals surface area contributed by atoms with Crippen LogP contribution in [0.3, 0.4) is 0 Å². The molecule has 0 aromatic carbocycles. The lowest BCUT2D eigenvalue weighted by atomic mass is 10.2. The number of likely N-dealkylation sites (tertiary alicyclic amines) is 1. The van der Waals surface area contributed by atoms with Gasteiger partial charge in [0.05, 0.1) is 11.9 Å². The second-order valence-corrected chi connectivity index (χ2v) is 6.25. The van der Waals surface area contributed by atoms with Gasteiger partial charge in [-0.3, -0.25) is 4.79 Å². The largest absolute Gasteiger partial charge is 0.480 e. The van der Waals surface area contributed by atoms with E-state index >= 15 is 0 Å². The Bertz CT molecular complexity index is 407. The van der Waals surface area contributed by atoms with Gasteiger partial charge in [0.1, 0.15) is 11.6 Å². The average Bonchev–Trinajstić information content (AvgIpc) is 2.53. The van der Waals surface area contributed by atoms with E-state index in [2.05, 4.69) is 5.32 Å². The summed E-state index contributed by atoms with van der Waals surface area (Å²) in [5.41, 5.74) is -0.724. The molecule has 20 heavy (non-hydrogen) atoms. The lowest BCUT2D eigenvalue weighted by Crippen LogP contribution is -2.50. The fraction of sp³-hybridized carbons (Fsp3) is 0.750. The summed E-state index contributed by atoms with van der Waals surface area (Å²) in [6.45, 7) is 5.16. The van der Waals surface area contributed by atoms with Crippen molar-refractivity contribution in [1.29, 1.82) is 0 Å². The van der Waals surface area contributed by atoms with E-state index in [0.29, 0.717) is 0 Å². The van der Waals surface area contributed by atoms with Gasteiger partial charge in [-0.1, -0.05) is 0 Å². The van der Waals surface area contributed by atoms with Crippen molar-refractivity contribution in [2.24, 2.45) is 0 Å². The molecular formula is C12H19ClN2O5. The number of alkyl carbamates (subject to hydrolysis) is 1. The Labute approximate surface area is 122 Å². The second kappa shape index (κ2) is 6.30. The number of carboxylic acid groups (broad SMARTS) is 1. The number of carbonyl (C=O) groups is 3. The number of halogens is 1. The van der Waals surface area contributed by atoms with Crippen LogP contribution in [0.4, 0.5) is 4.79 Å². The number of rotatable bonds is 4. The fourth-order valence-electron chi connectivity index (χ4n) is 1.76. The summed E-state index contributed by atoms with van der Waals surface area (Å²) >= 11 is 5.84. The lowest BCUT2D eigenvalue weighted by Gasteiger charge is -2.24.